The first-order valence-electron chi connectivity index (χ1n) is 7.09. The molecule has 4 nitrogen and oxygen atoms in total. The van der Waals surface area contributed by atoms with Gasteiger partial charge in [-0.05, 0) is 50.9 Å². The molecule has 2 N–H and O–H groups in total. The van der Waals surface area contributed by atoms with Crippen LogP contribution in [0.15, 0.2) is 24.5 Å². The van der Waals surface area contributed by atoms with Crippen LogP contribution < -0.4 is 10.6 Å². The van der Waals surface area contributed by atoms with E-state index in [-0.39, 0.29) is 17.4 Å². The lowest BCUT2D eigenvalue weighted by molar-refractivity contribution is -0.133. The molecule has 0 spiro atoms. The third kappa shape index (κ3) is 3.13. The summed E-state index contributed by atoms with van der Waals surface area (Å²) in [5.41, 5.74) is 0.859. The minimum absolute atomic E-state index is 0.0134. The Balaban J connectivity index is 2.03. The number of nitrogens with one attached hydrogen (secondary N) is 2. The topological polar surface area (TPSA) is 54.0 Å². The van der Waals surface area contributed by atoms with Gasteiger partial charge in [-0.15, -0.1) is 0 Å². The lowest BCUT2D eigenvalue weighted by atomic mass is 9.75. The van der Waals surface area contributed by atoms with E-state index in [4.69, 9.17) is 0 Å². The maximum atomic E-state index is 12.6. The highest BCUT2D eigenvalue weighted by Gasteiger charge is 2.38. The Morgan fingerprint density at radius 2 is 2.26 bits per heavy atom. The molecular weight excluding hydrogens is 238 g/mol. The second kappa shape index (κ2) is 6.15. The summed E-state index contributed by atoms with van der Waals surface area (Å²) in [6.45, 7) is 5.99. The molecule has 0 radical (unpaired) electrons. The van der Waals surface area contributed by atoms with Crippen LogP contribution in [-0.4, -0.2) is 24.0 Å². The van der Waals surface area contributed by atoms with Gasteiger partial charge >= 0.3 is 0 Å². The summed E-state index contributed by atoms with van der Waals surface area (Å²) in [6.07, 6.45) is 6.31. The molecular formula is C15H23N3O. The van der Waals surface area contributed by atoms with E-state index >= 15 is 0 Å². The molecule has 2 heterocycles. The first-order valence-corrected chi connectivity index (χ1v) is 7.09. The van der Waals surface area contributed by atoms with E-state index in [9.17, 15) is 4.79 Å². The van der Waals surface area contributed by atoms with Crippen LogP contribution in [0, 0.1) is 5.41 Å². The Bertz CT molecular complexity index is 413. The number of pyridine rings is 1. The molecule has 19 heavy (non-hydrogen) atoms. The maximum absolute atomic E-state index is 12.6. The van der Waals surface area contributed by atoms with E-state index in [2.05, 4.69) is 22.5 Å². The normalized spacial score (nSPS) is 19.7. The molecule has 1 fully saturated rings. The van der Waals surface area contributed by atoms with Crippen molar-refractivity contribution < 1.29 is 4.79 Å². The Hall–Kier alpha value is -1.42. The third-order valence-corrected chi connectivity index (χ3v) is 4.25. The number of nitrogens with zero attached hydrogens (tertiary/aromatic N) is 1. The molecule has 0 saturated carbocycles. The van der Waals surface area contributed by atoms with Gasteiger partial charge in [-0.2, -0.15) is 0 Å². The SMILES string of the molecule is CCC1(C(=O)NC(C)c2cccnc2)CCNCC1. The van der Waals surface area contributed by atoms with Crippen molar-refractivity contribution in [3.05, 3.63) is 30.1 Å². The van der Waals surface area contributed by atoms with Gasteiger partial charge in [-0.1, -0.05) is 13.0 Å². The van der Waals surface area contributed by atoms with E-state index in [1.165, 1.54) is 0 Å². The van der Waals surface area contributed by atoms with E-state index in [0.717, 1.165) is 37.9 Å². The minimum Gasteiger partial charge on any atom is -0.349 e. The summed E-state index contributed by atoms with van der Waals surface area (Å²) >= 11 is 0. The van der Waals surface area contributed by atoms with Crippen LogP contribution in [0.25, 0.3) is 0 Å². The second-order valence-corrected chi connectivity index (χ2v) is 5.37. The lowest BCUT2D eigenvalue weighted by Gasteiger charge is -2.36. The monoisotopic (exact) mass is 261 g/mol. The number of amides is 1. The first kappa shape index (κ1) is 14.0. The molecule has 1 unspecified atom stereocenters. The predicted octanol–water partition coefficient (Wildman–Crippen LogP) is 2.04. The number of piperidine rings is 1. The molecule has 1 aliphatic rings. The van der Waals surface area contributed by atoms with Gasteiger partial charge in [0.05, 0.1) is 11.5 Å². The Morgan fingerprint density at radius 3 is 2.84 bits per heavy atom. The molecule has 1 amide bonds. The summed E-state index contributed by atoms with van der Waals surface area (Å²) in [5.74, 6) is 0.188. The fourth-order valence-corrected chi connectivity index (χ4v) is 2.71. The summed E-state index contributed by atoms with van der Waals surface area (Å²) < 4.78 is 0. The summed E-state index contributed by atoms with van der Waals surface area (Å²) in [4.78, 5) is 16.7. The molecule has 104 valence electrons. The second-order valence-electron chi connectivity index (χ2n) is 5.37. The van der Waals surface area contributed by atoms with E-state index in [0.29, 0.717) is 0 Å². The highest BCUT2D eigenvalue weighted by Crippen LogP contribution is 2.33. The van der Waals surface area contributed by atoms with Crippen molar-refractivity contribution in [2.75, 3.05) is 13.1 Å². The molecule has 0 bridgehead atoms. The summed E-state index contributed by atoms with van der Waals surface area (Å²) in [7, 11) is 0. The number of aromatic nitrogens is 1. The standard InChI is InChI=1S/C15H23N3O/c1-3-15(6-9-16-10-7-15)14(19)18-12(2)13-5-4-8-17-11-13/h4-5,8,11-12,16H,3,6-7,9-10H2,1-2H3,(H,18,19). The maximum Gasteiger partial charge on any atom is 0.226 e. The molecule has 1 atom stereocenters. The van der Waals surface area contributed by atoms with Gasteiger partial charge in [0.25, 0.3) is 0 Å². The zero-order valence-corrected chi connectivity index (χ0v) is 11.8. The van der Waals surface area contributed by atoms with Crippen molar-refractivity contribution in [3.8, 4) is 0 Å². The van der Waals surface area contributed by atoms with Crippen LogP contribution in [0.5, 0.6) is 0 Å². The average molecular weight is 261 g/mol. The Labute approximate surface area is 115 Å². The van der Waals surface area contributed by atoms with Crippen LogP contribution in [0.2, 0.25) is 0 Å². The van der Waals surface area contributed by atoms with Gasteiger partial charge in [0, 0.05) is 12.4 Å². The highest BCUT2D eigenvalue weighted by molar-refractivity contribution is 5.83. The fraction of sp³-hybridized carbons (Fsp3) is 0.600. The van der Waals surface area contributed by atoms with Gasteiger partial charge < -0.3 is 10.6 Å². The molecule has 0 aromatic carbocycles. The molecule has 2 rings (SSSR count). The largest absolute Gasteiger partial charge is 0.349 e. The van der Waals surface area contributed by atoms with Crippen molar-refractivity contribution in [3.63, 3.8) is 0 Å². The van der Waals surface area contributed by atoms with Crippen LogP contribution >= 0.6 is 0 Å². The summed E-state index contributed by atoms with van der Waals surface area (Å²) in [6, 6.07) is 3.91. The van der Waals surface area contributed by atoms with Gasteiger partial charge in [0.15, 0.2) is 0 Å². The molecule has 4 heteroatoms. The zero-order valence-electron chi connectivity index (χ0n) is 11.8. The first-order chi connectivity index (χ1) is 9.18. The van der Waals surface area contributed by atoms with Gasteiger partial charge in [-0.3, -0.25) is 9.78 Å². The highest BCUT2D eigenvalue weighted by atomic mass is 16.2. The molecule has 0 aliphatic carbocycles. The molecule has 1 aromatic heterocycles. The van der Waals surface area contributed by atoms with Gasteiger partial charge in [-0.25, -0.2) is 0 Å². The van der Waals surface area contributed by atoms with Crippen molar-refractivity contribution in [1.82, 2.24) is 15.6 Å². The number of carbonyl (C=O) groups excluding carboxylic acids is 1. The minimum atomic E-state index is -0.193. The van der Waals surface area contributed by atoms with Crippen LogP contribution in [0.3, 0.4) is 0 Å². The number of hydrogen-bond donors (Lipinski definition) is 2. The van der Waals surface area contributed by atoms with E-state index < -0.39 is 0 Å². The van der Waals surface area contributed by atoms with Crippen LogP contribution in [0.4, 0.5) is 0 Å². The molecule has 1 aromatic rings. The van der Waals surface area contributed by atoms with Crippen molar-refractivity contribution >= 4 is 5.91 Å². The Kier molecular flexibility index (Phi) is 4.53. The third-order valence-electron chi connectivity index (χ3n) is 4.25. The van der Waals surface area contributed by atoms with E-state index in [1.54, 1.807) is 6.20 Å². The van der Waals surface area contributed by atoms with Gasteiger partial charge in [0.1, 0.15) is 0 Å². The predicted molar refractivity (Wildman–Crippen MR) is 75.6 cm³/mol. The summed E-state index contributed by atoms with van der Waals surface area (Å²) in [5, 5.41) is 6.47. The quantitative estimate of drug-likeness (QED) is 0.872. The fourth-order valence-electron chi connectivity index (χ4n) is 2.71. The smallest absolute Gasteiger partial charge is 0.226 e. The molecule has 1 saturated heterocycles. The van der Waals surface area contributed by atoms with Crippen LogP contribution in [0.1, 0.15) is 44.7 Å². The van der Waals surface area contributed by atoms with Crippen LogP contribution in [-0.2, 0) is 4.79 Å². The van der Waals surface area contributed by atoms with E-state index in [1.807, 2.05) is 25.3 Å². The average Bonchev–Trinajstić information content (AvgIpc) is 2.48. The van der Waals surface area contributed by atoms with Crippen molar-refractivity contribution in [2.45, 2.75) is 39.2 Å². The van der Waals surface area contributed by atoms with Gasteiger partial charge in [0.2, 0.25) is 5.91 Å². The number of hydrogen-bond acceptors (Lipinski definition) is 3. The molecule has 1 aliphatic heterocycles. The lowest BCUT2D eigenvalue weighted by Crippen LogP contribution is -2.47. The zero-order chi connectivity index (χ0) is 13.7. The number of carbonyl (C=O) groups is 1. The van der Waals surface area contributed by atoms with Crippen molar-refractivity contribution in [2.24, 2.45) is 5.41 Å². The van der Waals surface area contributed by atoms with Crippen molar-refractivity contribution in [1.29, 1.82) is 0 Å². The Morgan fingerprint density at radius 1 is 1.53 bits per heavy atom. The number of rotatable bonds is 4.